The zero-order chi connectivity index (χ0) is 14.6. The van der Waals surface area contributed by atoms with Crippen LogP contribution in [0.1, 0.15) is 51.1 Å². The summed E-state index contributed by atoms with van der Waals surface area (Å²) >= 11 is 1.53. The summed E-state index contributed by atoms with van der Waals surface area (Å²) in [5, 5.41) is 12.8. The van der Waals surface area contributed by atoms with Gasteiger partial charge in [-0.2, -0.15) is 0 Å². The minimum Gasteiger partial charge on any atom is -0.348 e. The highest BCUT2D eigenvalue weighted by Gasteiger charge is 2.20. The van der Waals surface area contributed by atoms with Crippen molar-refractivity contribution in [3.63, 3.8) is 0 Å². The van der Waals surface area contributed by atoms with Gasteiger partial charge in [-0.15, -0.1) is 22.6 Å². The molecule has 1 aromatic heterocycles. The predicted octanol–water partition coefficient (Wildman–Crippen LogP) is 2.25. The summed E-state index contributed by atoms with van der Waals surface area (Å²) in [6, 6.07) is -0.449. The molecule has 116 valence electrons. The average molecular weight is 321 g/mol. The van der Waals surface area contributed by atoms with Crippen molar-refractivity contribution in [1.29, 1.82) is 0 Å². The monoisotopic (exact) mass is 320 g/mol. The Morgan fingerprint density at radius 1 is 1.35 bits per heavy atom. The Hall–Kier alpha value is -0.720. The first kappa shape index (κ1) is 19.3. The van der Waals surface area contributed by atoms with E-state index in [1.165, 1.54) is 11.3 Å². The Labute approximate surface area is 131 Å². The molecule has 0 aliphatic heterocycles. The fourth-order valence-electron chi connectivity index (χ4n) is 1.54. The fourth-order valence-corrected chi connectivity index (χ4v) is 2.37. The second kappa shape index (κ2) is 7.90. The van der Waals surface area contributed by atoms with E-state index < -0.39 is 6.04 Å². The summed E-state index contributed by atoms with van der Waals surface area (Å²) in [4.78, 5) is 11.8. The van der Waals surface area contributed by atoms with Crippen molar-refractivity contribution >= 4 is 29.7 Å². The van der Waals surface area contributed by atoms with Crippen molar-refractivity contribution in [2.24, 2.45) is 11.7 Å². The lowest BCUT2D eigenvalue weighted by molar-refractivity contribution is -0.122. The van der Waals surface area contributed by atoms with E-state index >= 15 is 0 Å². The van der Waals surface area contributed by atoms with Crippen molar-refractivity contribution in [3.05, 3.63) is 10.0 Å². The van der Waals surface area contributed by atoms with Crippen molar-refractivity contribution in [2.75, 3.05) is 0 Å². The van der Waals surface area contributed by atoms with Crippen LogP contribution in [0, 0.1) is 5.92 Å². The number of nitrogens with two attached hydrogens (primary N) is 1. The third-order valence-corrected chi connectivity index (χ3v) is 3.93. The molecule has 1 amide bonds. The number of aromatic nitrogens is 2. The van der Waals surface area contributed by atoms with Crippen LogP contribution >= 0.6 is 23.7 Å². The first-order valence-corrected chi connectivity index (χ1v) is 7.38. The van der Waals surface area contributed by atoms with Gasteiger partial charge in [-0.1, -0.05) is 46.0 Å². The Morgan fingerprint density at radius 3 is 2.40 bits per heavy atom. The molecule has 5 nitrogen and oxygen atoms in total. The topological polar surface area (TPSA) is 80.9 Å². The maximum absolute atomic E-state index is 11.8. The fraction of sp³-hybridized carbons (Fsp3) is 0.769. The number of carbonyl (C=O) groups is 1. The summed E-state index contributed by atoms with van der Waals surface area (Å²) in [6.07, 6.45) is 0.690. The second-order valence-electron chi connectivity index (χ2n) is 6.20. The average Bonchev–Trinajstić information content (AvgIpc) is 2.72. The van der Waals surface area contributed by atoms with Gasteiger partial charge in [0.1, 0.15) is 10.0 Å². The van der Waals surface area contributed by atoms with Crippen molar-refractivity contribution in [3.8, 4) is 0 Å². The number of hydrogen-bond acceptors (Lipinski definition) is 5. The first-order valence-electron chi connectivity index (χ1n) is 6.56. The molecule has 0 unspecified atom stereocenters. The number of carbonyl (C=O) groups excluding carboxylic acids is 1. The highest BCUT2D eigenvalue weighted by molar-refractivity contribution is 7.11. The van der Waals surface area contributed by atoms with Gasteiger partial charge in [-0.05, 0) is 12.3 Å². The van der Waals surface area contributed by atoms with Crippen molar-refractivity contribution in [1.82, 2.24) is 15.5 Å². The summed E-state index contributed by atoms with van der Waals surface area (Å²) in [7, 11) is 0. The molecule has 1 aromatic rings. The van der Waals surface area contributed by atoms with Crippen LogP contribution in [-0.4, -0.2) is 22.1 Å². The SMILES string of the molecule is CC(C)C[C@H](N)C(=O)NCc1nnc(C(C)(C)C)s1.Cl. The summed E-state index contributed by atoms with van der Waals surface area (Å²) in [5.74, 6) is 0.288. The Balaban J connectivity index is 0.00000361. The molecule has 0 aliphatic rings. The van der Waals surface area contributed by atoms with Crippen molar-refractivity contribution < 1.29 is 4.79 Å². The molecule has 0 saturated heterocycles. The molecule has 0 spiro atoms. The van der Waals surface area contributed by atoms with Gasteiger partial charge in [0, 0.05) is 5.41 Å². The molecule has 0 aliphatic carbocycles. The number of nitrogens with one attached hydrogen (secondary N) is 1. The molecule has 20 heavy (non-hydrogen) atoms. The molecule has 7 heteroatoms. The van der Waals surface area contributed by atoms with Gasteiger partial charge in [-0.25, -0.2) is 0 Å². The summed E-state index contributed by atoms with van der Waals surface area (Å²) in [5.41, 5.74) is 5.81. The van der Waals surface area contributed by atoms with E-state index in [1.54, 1.807) is 0 Å². The van der Waals surface area contributed by atoms with E-state index in [4.69, 9.17) is 5.73 Å². The smallest absolute Gasteiger partial charge is 0.237 e. The lowest BCUT2D eigenvalue weighted by Crippen LogP contribution is -2.41. The number of hydrogen-bond donors (Lipinski definition) is 2. The van der Waals surface area contributed by atoms with Crippen LogP contribution in [0.4, 0.5) is 0 Å². The minimum atomic E-state index is -0.449. The van der Waals surface area contributed by atoms with E-state index in [1.807, 2.05) is 13.8 Å². The molecular formula is C13H25ClN4OS. The number of nitrogens with zero attached hydrogens (tertiary/aromatic N) is 2. The van der Waals surface area contributed by atoms with E-state index in [0.29, 0.717) is 18.9 Å². The largest absolute Gasteiger partial charge is 0.348 e. The van der Waals surface area contributed by atoms with Gasteiger partial charge in [0.05, 0.1) is 12.6 Å². The van der Waals surface area contributed by atoms with E-state index in [-0.39, 0.29) is 23.7 Å². The normalized spacial score (nSPS) is 12.9. The van der Waals surface area contributed by atoms with Crippen LogP contribution in [0.15, 0.2) is 0 Å². The van der Waals surface area contributed by atoms with E-state index in [0.717, 1.165) is 10.0 Å². The third-order valence-electron chi connectivity index (χ3n) is 2.58. The van der Waals surface area contributed by atoms with Crippen LogP contribution in [0.25, 0.3) is 0 Å². The Morgan fingerprint density at radius 2 is 1.95 bits per heavy atom. The standard InChI is InChI=1S/C13H24N4OS.ClH/c1-8(2)6-9(14)11(18)15-7-10-16-17-12(19-10)13(3,4)5;/h8-9H,6-7,14H2,1-5H3,(H,15,18);1H/t9-;/m0./s1. The first-order chi connectivity index (χ1) is 8.70. The van der Waals surface area contributed by atoms with Gasteiger partial charge >= 0.3 is 0 Å². The maximum Gasteiger partial charge on any atom is 0.237 e. The molecule has 1 atom stereocenters. The highest BCUT2D eigenvalue weighted by Crippen LogP contribution is 2.25. The van der Waals surface area contributed by atoms with Gasteiger partial charge in [0.25, 0.3) is 0 Å². The number of halogens is 1. The summed E-state index contributed by atoms with van der Waals surface area (Å²) in [6.45, 7) is 10.8. The van der Waals surface area contributed by atoms with Crippen LogP contribution in [-0.2, 0) is 16.8 Å². The minimum absolute atomic E-state index is 0. The zero-order valence-corrected chi connectivity index (χ0v) is 14.4. The maximum atomic E-state index is 11.8. The molecule has 0 radical (unpaired) electrons. The second-order valence-corrected chi connectivity index (χ2v) is 7.27. The van der Waals surface area contributed by atoms with Crippen molar-refractivity contribution in [2.45, 2.75) is 59.0 Å². The van der Waals surface area contributed by atoms with Gasteiger partial charge < -0.3 is 11.1 Å². The van der Waals surface area contributed by atoms with Crippen LogP contribution in [0.5, 0.6) is 0 Å². The lowest BCUT2D eigenvalue weighted by atomic mass is 9.98. The van der Waals surface area contributed by atoms with E-state index in [2.05, 4.69) is 36.3 Å². The molecule has 1 heterocycles. The molecule has 0 aromatic carbocycles. The Bertz CT molecular complexity index is 428. The molecule has 0 saturated carbocycles. The molecule has 3 N–H and O–H groups in total. The summed E-state index contributed by atoms with van der Waals surface area (Å²) < 4.78 is 0. The number of amides is 1. The number of rotatable bonds is 5. The highest BCUT2D eigenvalue weighted by atomic mass is 35.5. The predicted molar refractivity (Wildman–Crippen MR) is 85.1 cm³/mol. The zero-order valence-electron chi connectivity index (χ0n) is 12.8. The quantitative estimate of drug-likeness (QED) is 0.872. The molecule has 0 fully saturated rings. The molecule has 0 bridgehead atoms. The lowest BCUT2D eigenvalue weighted by Gasteiger charge is -2.13. The van der Waals surface area contributed by atoms with Crippen LogP contribution in [0.3, 0.4) is 0 Å². The van der Waals surface area contributed by atoms with Crippen LogP contribution < -0.4 is 11.1 Å². The molecular weight excluding hydrogens is 296 g/mol. The van der Waals surface area contributed by atoms with Crippen LogP contribution in [0.2, 0.25) is 0 Å². The Kier molecular flexibility index (Phi) is 7.62. The van der Waals surface area contributed by atoms with Gasteiger partial charge in [0.2, 0.25) is 5.91 Å². The van der Waals surface area contributed by atoms with Gasteiger partial charge in [-0.3, -0.25) is 4.79 Å². The molecule has 1 rings (SSSR count). The van der Waals surface area contributed by atoms with E-state index in [9.17, 15) is 4.79 Å². The third kappa shape index (κ3) is 6.15. The van der Waals surface area contributed by atoms with Gasteiger partial charge in [0.15, 0.2) is 0 Å².